The minimum atomic E-state index is -0.366. The molecule has 106 valence electrons. The number of carbonyl (C=O) groups is 1. The number of thiazole rings is 1. The zero-order valence-corrected chi connectivity index (χ0v) is 12.8. The first-order valence-electron chi connectivity index (χ1n) is 6.64. The van der Waals surface area contributed by atoms with Gasteiger partial charge in [0.1, 0.15) is 10.6 Å². The number of esters is 1. The molecule has 0 saturated heterocycles. The largest absolute Gasteiger partial charge is 0.464 e. The van der Waals surface area contributed by atoms with Crippen LogP contribution in [0, 0.1) is 12.8 Å². The Bertz CT molecular complexity index is 471. The van der Waals surface area contributed by atoms with Gasteiger partial charge in [-0.25, -0.2) is 9.78 Å². The van der Waals surface area contributed by atoms with Gasteiger partial charge in [-0.05, 0) is 32.1 Å². The lowest BCUT2D eigenvalue weighted by Gasteiger charge is -2.37. The van der Waals surface area contributed by atoms with Crippen LogP contribution in [0.2, 0.25) is 0 Å². The number of nitrogens with zero attached hydrogens (tertiary/aromatic N) is 1. The average Bonchev–Trinajstić information content (AvgIpc) is 2.80. The zero-order valence-electron chi connectivity index (χ0n) is 12.0. The Morgan fingerprint density at radius 1 is 1.47 bits per heavy atom. The van der Waals surface area contributed by atoms with E-state index in [1.54, 1.807) is 18.4 Å². The number of aromatic nitrogens is 1. The second-order valence-corrected chi connectivity index (χ2v) is 6.52. The molecule has 1 aliphatic rings. The van der Waals surface area contributed by atoms with E-state index >= 15 is 0 Å². The molecule has 4 nitrogen and oxygen atoms in total. The SMILES string of the molecule is COC(=O)c1nc(C2(OC)CCCC(C)C2)sc1C. The number of methoxy groups -OCH3 is 2. The monoisotopic (exact) mass is 283 g/mol. The fraction of sp³-hybridized carbons (Fsp3) is 0.714. The molecular weight excluding hydrogens is 262 g/mol. The quantitative estimate of drug-likeness (QED) is 0.799. The van der Waals surface area contributed by atoms with E-state index in [-0.39, 0.29) is 11.6 Å². The van der Waals surface area contributed by atoms with Crippen molar-refractivity contribution in [3.63, 3.8) is 0 Å². The topological polar surface area (TPSA) is 48.4 Å². The van der Waals surface area contributed by atoms with E-state index in [9.17, 15) is 4.79 Å². The van der Waals surface area contributed by atoms with Crippen LogP contribution >= 0.6 is 11.3 Å². The Hall–Kier alpha value is -0.940. The summed E-state index contributed by atoms with van der Waals surface area (Å²) >= 11 is 1.55. The second-order valence-electron chi connectivity index (χ2n) is 5.32. The maximum absolute atomic E-state index is 11.7. The molecule has 0 N–H and O–H groups in total. The van der Waals surface area contributed by atoms with Crippen LogP contribution < -0.4 is 0 Å². The summed E-state index contributed by atoms with van der Waals surface area (Å²) in [6.45, 7) is 4.15. The van der Waals surface area contributed by atoms with Crippen LogP contribution in [0.5, 0.6) is 0 Å². The molecule has 1 heterocycles. The predicted molar refractivity (Wildman–Crippen MR) is 74.5 cm³/mol. The molecule has 2 atom stereocenters. The van der Waals surface area contributed by atoms with Crippen molar-refractivity contribution in [1.29, 1.82) is 0 Å². The number of aryl methyl sites for hydroxylation is 1. The van der Waals surface area contributed by atoms with Crippen molar-refractivity contribution in [2.75, 3.05) is 14.2 Å². The highest BCUT2D eigenvalue weighted by Crippen LogP contribution is 2.44. The minimum absolute atomic E-state index is 0.320. The van der Waals surface area contributed by atoms with E-state index in [1.807, 2.05) is 6.92 Å². The summed E-state index contributed by atoms with van der Waals surface area (Å²) in [5.74, 6) is 0.259. The lowest BCUT2D eigenvalue weighted by Crippen LogP contribution is -2.34. The molecule has 5 heteroatoms. The number of carbonyl (C=O) groups excluding carboxylic acids is 1. The van der Waals surface area contributed by atoms with Gasteiger partial charge in [-0.3, -0.25) is 0 Å². The first-order chi connectivity index (χ1) is 9.02. The zero-order chi connectivity index (χ0) is 14.0. The number of rotatable bonds is 3. The van der Waals surface area contributed by atoms with Gasteiger partial charge in [-0.1, -0.05) is 13.3 Å². The summed E-state index contributed by atoms with van der Waals surface area (Å²) in [4.78, 5) is 17.1. The van der Waals surface area contributed by atoms with Crippen LogP contribution in [0.25, 0.3) is 0 Å². The van der Waals surface area contributed by atoms with Crippen LogP contribution in [0.15, 0.2) is 0 Å². The van der Waals surface area contributed by atoms with Gasteiger partial charge in [-0.15, -0.1) is 11.3 Å². The molecule has 0 aliphatic heterocycles. The molecule has 0 amide bonds. The molecule has 2 unspecified atom stereocenters. The van der Waals surface area contributed by atoms with Crippen molar-refractivity contribution in [2.45, 2.75) is 45.1 Å². The highest BCUT2D eigenvalue weighted by atomic mass is 32.1. The molecule has 0 radical (unpaired) electrons. The smallest absolute Gasteiger partial charge is 0.357 e. The predicted octanol–water partition coefficient (Wildman–Crippen LogP) is 3.29. The maximum Gasteiger partial charge on any atom is 0.357 e. The Labute approximate surface area is 118 Å². The Balaban J connectivity index is 2.36. The third-order valence-electron chi connectivity index (χ3n) is 3.91. The molecule has 2 rings (SSSR count). The van der Waals surface area contributed by atoms with E-state index in [0.717, 1.165) is 29.1 Å². The molecule has 0 bridgehead atoms. The molecular formula is C14H21NO3S. The molecule has 1 saturated carbocycles. The van der Waals surface area contributed by atoms with Crippen molar-refractivity contribution < 1.29 is 14.3 Å². The average molecular weight is 283 g/mol. The van der Waals surface area contributed by atoms with E-state index in [4.69, 9.17) is 9.47 Å². The molecule has 1 aromatic heterocycles. The van der Waals surface area contributed by atoms with E-state index in [1.165, 1.54) is 13.5 Å². The Kier molecular flexibility index (Phi) is 4.26. The van der Waals surface area contributed by atoms with Crippen molar-refractivity contribution in [3.8, 4) is 0 Å². The van der Waals surface area contributed by atoms with Gasteiger partial charge in [0.2, 0.25) is 0 Å². The summed E-state index contributed by atoms with van der Waals surface area (Å²) in [7, 11) is 3.13. The molecule has 19 heavy (non-hydrogen) atoms. The van der Waals surface area contributed by atoms with Crippen molar-refractivity contribution >= 4 is 17.3 Å². The van der Waals surface area contributed by atoms with Gasteiger partial charge in [-0.2, -0.15) is 0 Å². The first kappa shape index (κ1) is 14.5. The molecule has 0 spiro atoms. The van der Waals surface area contributed by atoms with Crippen LogP contribution in [0.1, 0.15) is 53.0 Å². The normalized spacial score (nSPS) is 27.3. The van der Waals surface area contributed by atoms with Gasteiger partial charge >= 0.3 is 5.97 Å². The van der Waals surface area contributed by atoms with Gasteiger partial charge in [0.25, 0.3) is 0 Å². The van der Waals surface area contributed by atoms with Crippen molar-refractivity contribution in [3.05, 3.63) is 15.6 Å². The summed E-state index contributed by atoms with van der Waals surface area (Å²) < 4.78 is 10.6. The van der Waals surface area contributed by atoms with Gasteiger partial charge < -0.3 is 9.47 Å². The number of hydrogen-bond acceptors (Lipinski definition) is 5. The Morgan fingerprint density at radius 2 is 2.21 bits per heavy atom. The second kappa shape index (κ2) is 5.59. The summed E-state index contributed by atoms with van der Waals surface area (Å²) in [5, 5.41) is 0.916. The summed E-state index contributed by atoms with van der Waals surface area (Å²) in [6.07, 6.45) is 4.32. The molecule has 1 fully saturated rings. The summed E-state index contributed by atoms with van der Waals surface area (Å²) in [5.41, 5.74) is 0.108. The fourth-order valence-corrected chi connectivity index (χ4v) is 3.95. The van der Waals surface area contributed by atoms with E-state index in [0.29, 0.717) is 11.6 Å². The Morgan fingerprint density at radius 3 is 2.79 bits per heavy atom. The van der Waals surface area contributed by atoms with Gasteiger partial charge in [0.15, 0.2) is 5.69 Å². The van der Waals surface area contributed by atoms with E-state index < -0.39 is 0 Å². The lowest BCUT2D eigenvalue weighted by molar-refractivity contribution is -0.0581. The molecule has 1 aliphatic carbocycles. The summed E-state index contributed by atoms with van der Waals surface area (Å²) in [6, 6.07) is 0. The van der Waals surface area contributed by atoms with Gasteiger partial charge in [0, 0.05) is 12.0 Å². The maximum atomic E-state index is 11.7. The number of ether oxygens (including phenoxy) is 2. The highest BCUT2D eigenvalue weighted by molar-refractivity contribution is 7.12. The van der Waals surface area contributed by atoms with Crippen molar-refractivity contribution in [2.24, 2.45) is 5.92 Å². The minimum Gasteiger partial charge on any atom is -0.464 e. The van der Waals surface area contributed by atoms with E-state index in [2.05, 4.69) is 11.9 Å². The fourth-order valence-electron chi connectivity index (χ4n) is 2.85. The van der Waals surface area contributed by atoms with Crippen LogP contribution in [-0.2, 0) is 15.1 Å². The third-order valence-corrected chi connectivity index (χ3v) is 5.07. The third kappa shape index (κ3) is 2.67. The first-order valence-corrected chi connectivity index (χ1v) is 7.45. The highest BCUT2D eigenvalue weighted by Gasteiger charge is 2.40. The van der Waals surface area contributed by atoms with Crippen molar-refractivity contribution in [1.82, 2.24) is 4.98 Å². The molecule has 1 aromatic rings. The van der Waals surface area contributed by atoms with Gasteiger partial charge in [0.05, 0.1) is 7.11 Å². The number of hydrogen-bond donors (Lipinski definition) is 0. The van der Waals surface area contributed by atoms with Crippen LogP contribution in [-0.4, -0.2) is 25.2 Å². The lowest BCUT2D eigenvalue weighted by atomic mass is 9.79. The molecule has 0 aromatic carbocycles. The standard InChI is InChI=1S/C14H21NO3S/c1-9-6-5-7-14(8-9,18-4)13-15-11(10(2)19-13)12(16)17-3/h9H,5-8H2,1-4H3. The van der Waals surface area contributed by atoms with Crippen LogP contribution in [0.3, 0.4) is 0 Å². The van der Waals surface area contributed by atoms with Crippen LogP contribution in [0.4, 0.5) is 0 Å².